The van der Waals surface area contributed by atoms with Crippen LogP contribution in [0.5, 0.6) is 0 Å². The van der Waals surface area contributed by atoms with E-state index >= 15 is 0 Å². The Morgan fingerprint density at radius 1 is 1.06 bits per heavy atom. The Morgan fingerprint density at radius 2 is 1.81 bits per heavy atom. The van der Waals surface area contributed by atoms with Crippen molar-refractivity contribution in [3.63, 3.8) is 0 Å². The summed E-state index contributed by atoms with van der Waals surface area (Å²) in [6.45, 7) is 14.0. The van der Waals surface area contributed by atoms with E-state index in [4.69, 9.17) is 4.74 Å². The average molecular weight is 426 g/mol. The number of hydrogen-bond donors (Lipinski definition) is 1. The lowest BCUT2D eigenvalue weighted by atomic mass is 9.60. The Hall–Kier alpha value is -0.940. The monoisotopic (exact) mass is 425 g/mol. The molecular weight excluding hydrogens is 382 g/mol. The van der Waals surface area contributed by atoms with E-state index in [1.807, 2.05) is 0 Å². The van der Waals surface area contributed by atoms with E-state index in [2.05, 4.69) is 53.2 Å². The molecule has 172 valence electrons. The number of rotatable bonds is 5. The molecule has 1 N–H and O–H groups in total. The molecule has 3 saturated heterocycles. The fraction of sp³-hybridized carbons (Fsp3) is 0.778. The minimum Gasteiger partial charge on any atom is -0.381 e. The second-order valence-corrected chi connectivity index (χ2v) is 11.2. The number of nitrogens with one attached hydrogen (secondary N) is 1. The summed E-state index contributed by atoms with van der Waals surface area (Å²) < 4.78 is 5.62. The second-order valence-electron chi connectivity index (χ2n) is 11.2. The number of nitrogens with zero attached hydrogens (tertiary/aromatic N) is 2. The van der Waals surface area contributed by atoms with Gasteiger partial charge < -0.3 is 10.1 Å². The van der Waals surface area contributed by atoms with Crippen LogP contribution in [-0.2, 0) is 4.74 Å². The largest absolute Gasteiger partial charge is 0.381 e. The molecule has 1 unspecified atom stereocenters. The van der Waals surface area contributed by atoms with Crippen LogP contribution >= 0.6 is 0 Å². The lowest BCUT2D eigenvalue weighted by molar-refractivity contribution is -0.0673. The highest BCUT2D eigenvalue weighted by Crippen LogP contribution is 2.52. The molecular formula is C27H43N3O. The standard InChI is InChI=1S/C27H43N3O/c1-21(2)24-5-3-4-6-25(24)26-20-29(19-22-7-15-31-16-8-22)13-14-30(26)23-17-27(18-23)9-11-28-12-10-27/h3-6,21-23,26,28H,7-20H2,1-2H3. The van der Waals surface area contributed by atoms with Gasteiger partial charge in [-0.25, -0.2) is 0 Å². The first-order valence-corrected chi connectivity index (χ1v) is 13.0. The highest BCUT2D eigenvalue weighted by Gasteiger charge is 2.49. The molecule has 3 aliphatic heterocycles. The summed E-state index contributed by atoms with van der Waals surface area (Å²) in [6.07, 6.45) is 8.12. The van der Waals surface area contributed by atoms with E-state index in [-0.39, 0.29) is 0 Å². The predicted octanol–water partition coefficient (Wildman–Crippen LogP) is 4.43. The molecule has 0 aromatic heterocycles. The van der Waals surface area contributed by atoms with Crippen molar-refractivity contribution >= 4 is 0 Å². The summed E-state index contributed by atoms with van der Waals surface area (Å²) in [5, 5.41) is 3.57. The third kappa shape index (κ3) is 4.73. The normalized spacial score (nSPS) is 28.8. The smallest absolute Gasteiger partial charge is 0.0481 e. The fourth-order valence-electron chi connectivity index (χ4n) is 6.91. The highest BCUT2D eigenvalue weighted by molar-refractivity contribution is 5.33. The molecule has 3 heterocycles. The Balaban J connectivity index is 1.33. The first-order chi connectivity index (χ1) is 15.1. The minimum absolute atomic E-state index is 0.552. The van der Waals surface area contributed by atoms with Gasteiger partial charge in [0.2, 0.25) is 0 Å². The Kier molecular flexibility index (Phi) is 6.71. The quantitative estimate of drug-likeness (QED) is 0.755. The molecule has 1 saturated carbocycles. The van der Waals surface area contributed by atoms with Crippen molar-refractivity contribution < 1.29 is 4.74 Å². The molecule has 1 atom stereocenters. The summed E-state index contributed by atoms with van der Waals surface area (Å²) in [5.41, 5.74) is 3.80. The number of piperidine rings is 1. The van der Waals surface area contributed by atoms with Crippen LogP contribution in [0.3, 0.4) is 0 Å². The molecule has 0 amide bonds. The maximum atomic E-state index is 5.62. The third-order valence-corrected chi connectivity index (χ3v) is 8.81. The molecule has 1 aliphatic carbocycles. The van der Waals surface area contributed by atoms with Crippen LogP contribution in [0.4, 0.5) is 0 Å². The molecule has 1 spiro atoms. The van der Waals surface area contributed by atoms with Gasteiger partial charge in [-0.05, 0) is 80.0 Å². The molecule has 4 fully saturated rings. The van der Waals surface area contributed by atoms with Crippen molar-refractivity contribution in [2.24, 2.45) is 11.3 Å². The molecule has 31 heavy (non-hydrogen) atoms. The molecule has 4 heteroatoms. The number of benzene rings is 1. The van der Waals surface area contributed by atoms with Gasteiger partial charge in [0.1, 0.15) is 0 Å². The van der Waals surface area contributed by atoms with Crippen LogP contribution in [0.2, 0.25) is 0 Å². The first kappa shape index (κ1) is 21.9. The number of hydrogen-bond acceptors (Lipinski definition) is 4. The summed E-state index contributed by atoms with van der Waals surface area (Å²) in [5.74, 6) is 1.41. The zero-order valence-corrected chi connectivity index (χ0v) is 19.8. The zero-order chi connectivity index (χ0) is 21.3. The summed E-state index contributed by atoms with van der Waals surface area (Å²) in [4.78, 5) is 5.71. The van der Waals surface area contributed by atoms with Gasteiger partial charge in [0, 0.05) is 51.5 Å². The molecule has 4 nitrogen and oxygen atoms in total. The van der Waals surface area contributed by atoms with Crippen LogP contribution in [0, 0.1) is 11.3 Å². The SMILES string of the molecule is CC(C)c1ccccc1C1CN(CC2CCOCC2)CCN1C1CC2(CCNCC2)C1. The molecule has 1 aromatic rings. The molecule has 0 radical (unpaired) electrons. The maximum absolute atomic E-state index is 5.62. The summed E-state index contributed by atoms with van der Waals surface area (Å²) in [7, 11) is 0. The van der Waals surface area contributed by atoms with E-state index in [1.165, 1.54) is 77.8 Å². The van der Waals surface area contributed by atoms with Crippen molar-refractivity contribution in [1.82, 2.24) is 15.1 Å². The van der Waals surface area contributed by atoms with Crippen LogP contribution in [0.15, 0.2) is 24.3 Å². The molecule has 4 aliphatic rings. The number of ether oxygens (including phenoxy) is 1. The lowest BCUT2D eigenvalue weighted by Crippen LogP contribution is -2.60. The van der Waals surface area contributed by atoms with Gasteiger partial charge in [-0.1, -0.05) is 38.1 Å². The van der Waals surface area contributed by atoms with E-state index in [1.54, 1.807) is 11.1 Å². The van der Waals surface area contributed by atoms with Gasteiger partial charge in [-0.2, -0.15) is 0 Å². The van der Waals surface area contributed by atoms with Gasteiger partial charge in [-0.15, -0.1) is 0 Å². The summed E-state index contributed by atoms with van der Waals surface area (Å²) in [6, 6.07) is 10.7. The van der Waals surface area contributed by atoms with E-state index < -0.39 is 0 Å². The topological polar surface area (TPSA) is 27.7 Å². The first-order valence-electron chi connectivity index (χ1n) is 13.0. The Morgan fingerprint density at radius 3 is 2.55 bits per heavy atom. The minimum atomic E-state index is 0.552. The van der Waals surface area contributed by atoms with Crippen molar-refractivity contribution in [1.29, 1.82) is 0 Å². The van der Waals surface area contributed by atoms with Crippen LogP contribution < -0.4 is 5.32 Å². The van der Waals surface area contributed by atoms with Crippen molar-refractivity contribution in [3.8, 4) is 0 Å². The summed E-state index contributed by atoms with van der Waals surface area (Å²) >= 11 is 0. The molecule has 5 rings (SSSR count). The van der Waals surface area contributed by atoms with Gasteiger partial charge in [0.25, 0.3) is 0 Å². The fourth-order valence-corrected chi connectivity index (χ4v) is 6.91. The van der Waals surface area contributed by atoms with Gasteiger partial charge in [0.15, 0.2) is 0 Å². The maximum Gasteiger partial charge on any atom is 0.0481 e. The zero-order valence-electron chi connectivity index (χ0n) is 19.8. The van der Waals surface area contributed by atoms with Crippen molar-refractivity contribution in [2.75, 3.05) is 52.5 Å². The third-order valence-electron chi connectivity index (χ3n) is 8.81. The average Bonchev–Trinajstić information content (AvgIpc) is 2.79. The number of piperazine rings is 1. The highest BCUT2D eigenvalue weighted by atomic mass is 16.5. The van der Waals surface area contributed by atoms with Gasteiger partial charge in [0.05, 0.1) is 0 Å². The lowest BCUT2D eigenvalue weighted by Gasteiger charge is -2.57. The van der Waals surface area contributed by atoms with E-state index in [9.17, 15) is 0 Å². The van der Waals surface area contributed by atoms with Crippen LogP contribution in [-0.4, -0.2) is 68.3 Å². The Bertz CT molecular complexity index is 715. The van der Waals surface area contributed by atoms with Crippen LogP contribution in [0.25, 0.3) is 0 Å². The van der Waals surface area contributed by atoms with Gasteiger partial charge in [-0.3, -0.25) is 9.80 Å². The molecule has 0 bridgehead atoms. The predicted molar refractivity (Wildman–Crippen MR) is 128 cm³/mol. The van der Waals surface area contributed by atoms with E-state index in [0.717, 1.165) is 25.2 Å². The van der Waals surface area contributed by atoms with E-state index in [0.29, 0.717) is 17.4 Å². The van der Waals surface area contributed by atoms with Crippen molar-refractivity contribution in [2.45, 2.75) is 70.4 Å². The Labute approximate surface area is 189 Å². The van der Waals surface area contributed by atoms with Crippen molar-refractivity contribution in [3.05, 3.63) is 35.4 Å². The van der Waals surface area contributed by atoms with Crippen LogP contribution in [0.1, 0.15) is 75.5 Å². The van der Waals surface area contributed by atoms with Gasteiger partial charge >= 0.3 is 0 Å². The second kappa shape index (κ2) is 9.51. The molecule has 1 aromatic carbocycles.